The lowest BCUT2D eigenvalue weighted by Gasteiger charge is -2.26. The second-order valence-corrected chi connectivity index (χ2v) is 9.00. The van der Waals surface area contributed by atoms with Crippen molar-refractivity contribution < 1.29 is 24.2 Å². The van der Waals surface area contributed by atoms with E-state index in [1.807, 2.05) is 58.9 Å². The fourth-order valence-corrected chi connectivity index (χ4v) is 3.66. The number of hydrogen-bond donors (Lipinski definition) is 2. The van der Waals surface area contributed by atoms with Crippen molar-refractivity contribution in [2.75, 3.05) is 0 Å². The van der Waals surface area contributed by atoms with Crippen LogP contribution in [0.4, 0.5) is 0 Å². The summed E-state index contributed by atoms with van der Waals surface area (Å²) in [5, 5.41) is 14.4. The zero-order valence-electron chi connectivity index (χ0n) is 21.3. The Kier molecular flexibility index (Phi) is 10.7. The first-order valence-electron chi connectivity index (χ1n) is 11.8. The number of benzene rings is 3. The lowest BCUT2D eigenvalue weighted by atomic mass is 9.99. The van der Waals surface area contributed by atoms with Crippen LogP contribution in [0.25, 0.3) is 0 Å². The molecule has 0 aliphatic carbocycles. The molecule has 7 heteroatoms. The zero-order chi connectivity index (χ0) is 25.5. The minimum atomic E-state index is -0.846. The molecule has 0 saturated carbocycles. The van der Waals surface area contributed by atoms with Crippen LogP contribution in [0.1, 0.15) is 70.7 Å². The van der Waals surface area contributed by atoms with Crippen LogP contribution in [-0.4, -0.2) is 29.1 Å². The van der Waals surface area contributed by atoms with Gasteiger partial charge in [-0.15, -0.1) is 12.4 Å². The summed E-state index contributed by atoms with van der Waals surface area (Å²) < 4.78 is 11.3. The minimum absolute atomic E-state index is 0. The smallest absolute Gasteiger partial charge is 0.343 e. The first-order valence-corrected chi connectivity index (χ1v) is 11.8. The quantitative estimate of drug-likeness (QED) is 0.272. The van der Waals surface area contributed by atoms with Gasteiger partial charge in [0.2, 0.25) is 0 Å². The fraction of sp³-hybridized carbons (Fsp3) is 0.310. The Bertz CT molecular complexity index is 1160. The van der Waals surface area contributed by atoms with Gasteiger partial charge in [0.25, 0.3) is 0 Å². The highest BCUT2D eigenvalue weighted by Crippen LogP contribution is 2.33. The molecule has 0 fully saturated rings. The molecule has 0 spiro atoms. The standard InChI is InChI=1S/C29H33NO5.ClH/c1-6-24(30-18(2)3)27(31)23-15-16-25(34-28(32)21-11-7-19(4)8-12-21)26(17-23)35-29(33)22-13-9-20(5)10-14-22;/h7-18,24,27,30-31H,6H2,1-5H3;1H. The Morgan fingerprint density at radius 2 is 1.28 bits per heavy atom. The van der Waals surface area contributed by atoms with Crippen LogP contribution >= 0.6 is 12.4 Å². The number of nitrogens with one attached hydrogen (secondary N) is 1. The van der Waals surface area contributed by atoms with E-state index in [4.69, 9.17) is 9.47 Å². The van der Waals surface area contributed by atoms with Gasteiger partial charge in [0.1, 0.15) is 0 Å². The number of carbonyl (C=O) groups excluding carboxylic acids is 2. The van der Waals surface area contributed by atoms with Crippen molar-refractivity contribution in [3.8, 4) is 11.5 Å². The van der Waals surface area contributed by atoms with Crippen LogP contribution in [-0.2, 0) is 0 Å². The maximum atomic E-state index is 12.8. The second-order valence-electron chi connectivity index (χ2n) is 9.00. The third-order valence-electron chi connectivity index (χ3n) is 5.66. The van der Waals surface area contributed by atoms with Gasteiger partial charge in [-0.3, -0.25) is 0 Å². The molecule has 0 aromatic heterocycles. The van der Waals surface area contributed by atoms with E-state index >= 15 is 0 Å². The van der Waals surface area contributed by atoms with Crippen molar-refractivity contribution in [2.24, 2.45) is 0 Å². The molecule has 3 aromatic rings. The maximum Gasteiger partial charge on any atom is 0.343 e. The van der Waals surface area contributed by atoms with Crippen LogP contribution in [0.3, 0.4) is 0 Å². The van der Waals surface area contributed by atoms with E-state index in [-0.39, 0.29) is 36.0 Å². The molecular weight excluding hydrogens is 478 g/mol. The Morgan fingerprint density at radius 1 is 0.806 bits per heavy atom. The summed E-state index contributed by atoms with van der Waals surface area (Å²) >= 11 is 0. The lowest BCUT2D eigenvalue weighted by molar-refractivity contribution is 0.0681. The van der Waals surface area contributed by atoms with Crippen molar-refractivity contribution in [2.45, 2.75) is 59.2 Å². The third kappa shape index (κ3) is 7.65. The van der Waals surface area contributed by atoms with E-state index < -0.39 is 18.0 Å². The molecule has 0 amide bonds. The number of aryl methyl sites for hydroxylation is 2. The van der Waals surface area contributed by atoms with E-state index in [9.17, 15) is 14.7 Å². The highest BCUT2D eigenvalue weighted by atomic mass is 35.5. The van der Waals surface area contributed by atoms with Gasteiger partial charge in [-0.2, -0.15) is 0 Å². The molecule has 0 bridgehead atoms. The van der Waals surface area contributed by atoms with Gasteiger partial charge < -0.3 is 19.9 Å². The molecular formula is C29H34ClNO5. The molecule has 6 nitrogen and oxygen atoms in total. The number of aliphatic hydroxyl groups excluding tert-OH is 1. The number of carbonyl (C=O) groups is 2. The minimum Gasteiger partial charge on any atom is -0.419 e. The predicted molar refractivity (Wildman–Crippen MR) is 143 cm³/mol. The van der Waals surface area contributed by atoms with E-state index in [0.717, 1.165) is 11.1 Å². The van der Waals surface area contributed by atoms with E-state index in [0.29, 0.717) is 23.1 Å². The maximum absolute atomic E-state index is 12.8. The second kappa shape index (κ2) is 13.2. The number of rotatable bonds is 9. The Hall–Kier alpha value is -3.19. The van der Waals surface area contributed by atoms with Crippen molar-refractivity contribution in [3.05, 3.63) is 94.5 Å². The molecule has 3 rings (SSSR count). The average Bonchev–Trinajstić information content (AvgIpc) is 2.83. The largest absolute Gasteiger partial charge is 0.419 e. The van der Waals surface area contributed by atoms with E-state index in [1.54, 1.807) is 42.5 Å². The molecule has 2 N–H and O–H groups in total. The summed E-state index contributed by atoms with van der Waals surface area (Å²) in [7, 11) is 0. The molecule has 36 heavy (non-hydrogen) atoms. The number of esters is 2. The SMILES string of the molecule is CCC(NC(C)C)C(O)c1ccc(OC(=O)c2ccc(C)cc2)c(OC(=O)c2ccc(C)cc2)c1.Cl. The summed E-state index contributed by atoms with van der Waals surface area (Å²) in [4.78, 5) is 25.6. The topological polar surface area (TPSA) is 84.9 Å². The van der Waals surface area contributed by atoms with Gasteiger partial charge >= 0.3 is 11.9 Å². The first kappa shape index (κ1) is 29.0. The monoisotopic (exact) mass is 511 g/mol. The van der Waals surface area contributed by atoms with Crippen molar-refractivity contribution in [1.29, 1.82) is 0 Å². The predicted octanol–water partition coefficient (Wildman–Crippen LogP) is 5.97. The average molecular weight is 512 g/mol. The molecule has 0 aliphatic heterocycles. The normalized spacial score (nSPS) is 12.4. The van der Waals surface area contributed by atoms with Crippen LogP contribution < -0.4 is 14.8 Å². The third-order valence-corrected chi connectivity index (χ3v) is 5.66. The molecule has 0 saturated heterocycles. The van der Waals surface area contributed by atoms with Crippen LogP contribution in [0.5, 0.6) is 11.5 Å². The van der Waals surface area contributed by atoms with Crippen LogP contribution in [0.15, 0.2) is 66.7 Å². The number of ether oxygens (including phenoxy) is 2. The fourth-order valence-electron chi connectivity index (χ4n) is 3.66. The molecule has 0 heterocycles. The van der Waals surface area contributed by atoms with Crippen LogP contribution in [0, 0.1) is 13.8 Å². The highest BCUT2D eigenvalue weighted by molar-refractivity contribution is 5.93. The summed E-state index contributed by atoms with van der Waals surface area (Å²) in [5.41, 5.74) is 3.33. The molecule has 3 aromatic carbocycles. The zero-order valence-corrected chi connectivity index (χ0v) is 22.1. The molecule has 192 valence electrons. The molecule has 0 aliphatic rings. The summed E-state index contributed by atoms with van der Waals surface area (Å²) in [6.45, 7) is 9.87. The number of aliphatic hydroxyl groups is 1. The summed E-state index contributed by atoms with van der Waals surface area (Å²) in [6, 6.07) is 18.7. The number of hydrogen-bond acceptors (Lipinski definition) is 6. The van der Waals surface area contributed by atoms with Crippen molar-refractivity contribution in [1.82, 2.24) is 5.32 Å². The van der Waals surface area contributed by atoms with Crippen molar-refractivity contribution >= 4 is 24.3 Å². The van der Waals surface area contributed by atoms with Crippen LogP contribution in [0.2, 0.25) is 0 Å². The summed E-state index contributed by atoms with van der Waals surface area (Å²) in [6.07, 6.45) is -0.150. The van der Waals surface area contributed by atoms with Gasteiger partial charge in [-0.25, -0.2) is 9.59 Å². The Morgan fingerprint density at radius 3 is 1.72 bits per heavy atom. The van der Waals surface area contributed by atoms with Gasteiger partial charge in [0, 0.05) is 12.1 Å². The van der Waals surface area contributed by atoms with Gasteiger partial charge in [0.05, 0.1) is 17.2 Å². The molecule has 0 radical (unpaired) electrons. The molecule has 2 atom stereocenters. The van der Waals surface area contributed by atoms with Crippen molar-refractivity contribution in [3.63, 3.8) is 0 Å². The number of halogens is 1. The van der Waals surface area contributed by atoms with Gasteiger partial charge in [0.15, 0.2) is 11.5 Å². The molecule has 2 unspecified atom stereocenters. The highest BCUT2D eigenvalue weighted by Gasteiger charge is 2.23. The van der Waals surface area contributed by atoms with E-state index in [1.165, 1.54) is 0 Å². The van der Waals surface area contributed by atoms with Gasteiger partial charge in [-0.1, -0.05) is 62.2 Å². The Labute approximate surface area is 219 Å². The van der Waals surface area contributed by atoms with E-state index in [2.05, 4.69) is 5.32 Å². The van der Waals surface area contributed by atoms with Gasteiger partial charge in [-0.05, 0) is 62.2 Å². The lowest BCUT2D eigenvalue weighted by Crippen LogP contribution is -2.38. The summed E-state index contributed by atoms with van der Waals surface area (Å²) in [5.74, 6) is -1.00. The first-order chi connectivity index (χ1) is 16.7. The Balaban J connectivity index is 0.00000456.